The number of rotatable bonds is 8. The van der Waals surface area contributed by atoms with Gasteiger partial charge in [0.05, 0.1) is 0 Å². The van der Waals surface area contributed by atoms with Crippen LogP contribution in [-0.2, 0) is 0 Å². The summed E-state index contributed by atoms with van der Waals surface area (Å²) in [7, 11) is 0. The predicted octanol–water partition coefficient (Wildman–Crippen LogP) is 5.29. The van der Waals surface area contributed by atoms with Gasteiger partial charge < -0.3 is 10.2 Å². The maximum atomic E-state index is 12.5. The number of hydrogen-bond donors (Lipinski definition) is 1. The van der Waals surface area contributed by atoms with Gasteiger partial charge in [0.15, 0.2) is 0 Å². The Kier molecular flexibility index (Phi) is 7.27. The zero-order valence-electron chi connectivity index (χ0n) is 13.9. The summed E-state index contributed by atoms with van der Waals surface area (Å²) in [5.41, 5.74) is 0.879. The van der Waals surface area contributed by atoms with Crippen LogP contribution in [-0.4, -0.2) is 24.0 Å². The normalized spacial score (nSPS) is 15.0. The van der Waals surface area contributed by atoms with E-state index in [0.717, 1.165) is 44.0 Å². The first-order valence-electron chi connectivity index (χ1n) is 8.90. The SMILES string of the molecule is CCCCN(CCCC1CCCC1)C(=O)Nc1ccccc1. The van der Waals surface area contributed by atoms with Crippen LogP contribution in [0.1, 0.15) is 58.3 Å². The van der Waals surface area contributed by atoms with Crippen molar-refractivity contribution in [3.8, 4) is 0 Å². The molecule has 0 heterocycles. The lowest BCUT2D eigenvalue weighted by Gasteiger charge is -2.23. The van der Waals surface area contributed by atoms with Crippen molar-refractivity contribution in [2.45, 2.75) is 58.3 Å². The minimum atomic E-state index is 0.0473. The molecule has 1 aromatic carbocycles. The monoisotopic (exact) mass is 302 g/mol. The summed E-state index contributed by atoms with van der Waals surface area (Å²) in [4.78, 5) is 14.5. The van der Waals surface area contributed by atoms with Crippen molar-refractivity contribution in [2.75, 3.05) is 18.4 Å². The van der Waals surface area contributed by atoms with Gasteiger partial charge in [-0.25, -0.2) is 4.79 Å². The Morgan fingerprint density at radius 3 is 2.50 bits per heavy atom. The van der Waals surface area contributed by atoms with Crippen LogP contribution in [0.15, 0.2) is 30.3 Å². The molecule has 0 atom stereocenters. The van der Waals surface area contributed by atoms with Crippen molar-refractivity contribution in [3.63, 3.8) is 0 Å². The van der Waals surface area contributed by atoms with Crippen molar-refractivity contribution in [2.24, 2.45) is 5.92 Å². The maximum Gasteiger partial charge on any atom is 0.321 e. The van der Waals surface area contributed by atoms with Gasteiger partial charge in [-0.15, -0.1) is 0 Å². The molecule has 0 radical (unpaired) electrons. The summed E-state index contributed by atoms with van der Waals surface area (Å²) in [6, 6.07) is 9.79. The summed E-state index contributed by atoms with van der Waals surface area (Å²) >= 11 is 0. The van der Waals surface area contributed by atoms with E-state index in [1.807, 2.05) is 35.2 Å². The van der Waals surface area contributed by atoms with E-state index in [0.29, 0.717) is 0 Å². The van der Waals surface area contributed by atoms with E-state index in [1.54, 1.807) is 0 Å². The van der Waals surface area contributed by atoms with Gasteiger partial charge in [-0.1, -0.05) is 57.2 Å². The summed E-state index contributed by atoms with van der Waals surface area (Å²) < 4.78 is 0. The second-order valence-corrected chi connectivity index (χ2v) is 6.43. The minimum absolute atomic E-state index is 0.0473. The van der Waals surface area contributed by atoms with Crippen molar-refractivity contribution in [1.29, 1.82) is 0 Å². The number of nitrogens with one attached hydrogen (secondary N) is 1. The largest absolute Gasteiger partial charge is 0.325 e. The Balaban J connectivity index is 1.79. The first-order valence-corrected chi connectivity index (χ1v) is 8.90. The third-order valence-electron chi connectivity index (χ3n) is 4.61. The average molecular weight is 302 g/mol. The number of para-hydroxylation sites is 1. The zero-order valence-corrected chi connectivity index (χ0v) is 13.9. The third kappa shape index (κ3) is 5.70. The smallest absolute Gasteiger partial charge is 0.321 e. The fourth-order valence-corrected chi connectivity index (χ4v) is 3.26. The van der Waals surface area contributed by atoms with Gasteiger partial charge in [0, 0.05) is 18.8 Å². The summed E-state index contributed by atoms with van der Waals surface area (Å²) in [6.07, 6.45) is 10.2. The molecule has 0 saturated heterocycles. The summed E-state index contributed by atoms with van der Waals surface area (Å²) in [5, 5.41) is 3.02. The van der Waals surface area contributed by atoms with Gasteiger partial charge in [-0.05, 0) is 37.3 Å². The lowest BCUT2D eigenvalue weighted by Crippen LogP contribution is -2.36. The lowest BCUT2D eigenvalue weighted by atomic mass is 10.0. The third-order valence-corrected chi connectivity index (χ3v) is 4.61. The molecule has 1 saturated carbocycles. The minimum Gasteiger partial charge on any atom is -0.325 e. The van der Waals surface area contributed by atoms with Crippen LogP contribution in [0.25, 0.3) is 0 Å². The maximum absolute atomic E-state index is 12.5. The summed E-state index contributed by atoms with van der Waals surface area (Å²) in [6.45, 7) is 3.92. The molecule has 3 heteroatoms. The molecule has 22 heavy (non-hydrogen) atoms. The van der Waals surface area contributed by atoms with Gasteiger partial charge in [-0.2, -0.15) is 0 Å². The second-order valence-electron chi connectivity index (χ2n) is 6.43. The highest BCUT2D eigenvalue weighted by molar-refractivity contribution is 5.89. The number of anilines is 1. The Hall–Kier alpha value is -1.51. The highest BCUT2D eigenvalue weighted by atomic mass is 16.2. The number of nitrogens with zero attached hydrogens (tertiary/aromatic N) is 1. The average Bonchev–Trinajstić information content (AvgIpc) is 3.05. The van der Waals surface area contributed by atoms with Gasteiger partial charge in [0.25, 0.3) is 0 Å². The van der Waals surface area contributed by atoms with Crippen molar-refractivity contribution >= 4 is 11.7 Å². The second kappa shape index (κ2) is 9.50. The first kappa shape index (κ1) is 16.9. The molecule has 0 unspecified atom stereocenters. The van der Waals surface area contributed by atoms with Gasteiger partial charge >= 0.3 is 6.03 Å². The fraction of sp³-hybridized carbons (Fsp3) is 0.632. The van der Waals surface area contributed by atoms with E-state index in [-0.39, 0.29) is 6.03 Å². The van der Waals surface area contributed by atoms with Crippen LogP contribution >= 0.6 is 0 Å². The molecule has 2 rings (SSSR count). The molecule has 1 fully saturated rings. The van der Waals surface area contributed by atoms with E-state index < -0.39 is 0 Å². The molecule has 3 nitrogen and oxygen atoms in total. The van der Waals surface area contributed by atoms with Crippen LogP contribution in [0.5, 0.6) is 0 Å². The van der Waals surface area contributed by atoms with Crippen LogP contribution in [0.3, 0.4) is 0 Å². The number of urea groups is 1. The van der Waals surface area contributed by atoms with E-state index in [2.05, 4.69) is 12.2 Å². The molecule has 1 aliphatic rings. The van der Waals surface area contributed by atoms with Crippen LogP contribution in [0, 0.1) is 5.92 Å². The molecular weight excluding hydrogens is 272 g/mol. The Morgan fingerprint density at radius 1 is 1.14 bits per heavy atom. The summed E-state index contributed by atoms with van der Waals surface area (Å²) in [5.74, 6) is 0.908. The molecular formula is C19H30N2O. The Morgan fingerprint density at radius 2 is 1.82 bits per heavy atom. The molecule has 122 valence electrons. The first-order chi connectivity index (χ1) is 10.8. The van der Waals surface area contributed by atoms with Gasteiger partial charge in [0.1, 0.15) is 0 Å². The standard InChI is InChI=1S/C19H30N2O/c1-2-3-15-21(16-9-12-17-10-7-8-11-17)19(22)20-18-13-5-4-6-14-18/h4-6,13-14,17H,2-3,7-12,15-16H2,1H3,(H,20,22). The molecule has 2 amide bonds. The quantitative estimate of drug-likeness (QED) is 0.695. The zero-order chi connectivity index (χ0) is 15.6. The molecule has 0 bridgehead atoms. The molecule has 1 aliphatic carbocycles. The fourth-order valence-electron chi connectivity index (χ4n) is 3.26. The number of amides is 2. The van der Waals surface area contributed by atoms with Crippen molar-refractivity contribution in [1.82, 2.24) is 4.90 Å². The highest BCUT2D eigenvalue weighted by Crippen LogP contribution is 2.28. The van der Waals surface area contributed by atoms with Crippen molar-refractivity contribution < 1.29 is 4.79 Å². The Labute approximate surface area is 135 Å². The van der Waals surface area contributed by atoms with Crippen LogP contribution in [0.2, 0.25) is 0 Å². The molecule has 0 aromatic heterocycles. The van der Waals surface area contributed by atoms with Crippen LogP contribution in [0.4, 0.5) is 10.5 Å². The Bertz CT molecular complexity index is 426. The van der Waals surface area contributed by atoms with E-state index in [1.165, 1.54) is 32.1 Å². The van der Waals surface area contributed by atoms with E-state index in [4.69, 9.17) is 0 Å². The number of benzene rings is 1. The topological polar surface area (TPSA) is 32.3 Å². The number of unbranched alkanes of at least 4 members (excludes halogenated alkanes) is 1. The van der Waals surface area contributed by atoms with E-state index in [9.17, 15) is 4.79 Å². The number of carbonyl (C=O) groups excluding carboxylic acids is 1. The molecule has 1 N–H and O–H groups in total. The number of hydrogen-bond acceptors (Lipinski definition) is 1. The number of carbonyl (C=O) groups is 1. The van der Waals surface area contributed by atoms with Crippen LogP contribution < -0.4 is 5.32 Å². The van der Waals surface area contributed by atoms with Gasteiger partial charge in [-0.3, -0.25) is 0 Å². The molecule has 1 aromatic rings. The molecule has 0 aliphatic heterocycles. The molecule has 0 spiro atoms. The van der Waals surface area contributed by atoms with E-state index >= 15 is 0 Å². The van der Waals surface area contributed by atoms with Gasteiger partial charge in [0.2, 0.25) is 0 Å². The van der Waals surface area contributed by atoms with Crippen molar-refractivity contribution in [3.05, 3.63) is 30.3 Å². The lowest BCUT2D eigenvalue weighted by molar-refractivity contribution is 0.208. The predicted molar refractivity (Wildman–Crippen MR) is 93.1 cm³/mol. The highest BCUT2D eigenvalue weighted by Gasteiger charge is 2.17.